The molecule has 3 N–H and O–H groups in total. The van der Waals surface area contributed by atoms with Crippen LogP contribution in [0.4, 0.5) is 14.5 Å². The molecule has 0 spiro atoms. The highest BCUT2D eigenvalue weighted by molar-refractivity contribution is 9.10. The fourth-order valence-corrected chi connectivity index (χ4v) is 2.02. The predicted octanol–water partition coefficient (Wildman–Crippen LogP) is 2.04. The Balaban J connectivity index is 2.27. The van der Waals surface area contributed by atoms with Crippen molar-refractivity contribution in [2.24, 2.45) is 5.73 Å². The van der Waals surface area contributed by atoms with Gasteiger partial charge in [0.1, 0.15) is 18.4 Å². The summed E-state index contributed by atoms with van der Waals surface area (Å²) in [7, 11) is 0. The summed E-state index contributed by atoms with van der Waals surface area (Å²) < 4.78 is 29.4. The maximum Gasteiger partial charge on any atom is 0.272 e. The second-order valence-electron chi connectivity index (χ2n) is 3.54. The van der Waals surface area contributed by atoms with E-state index in [4.69, 9.17) is 10.5 Å². The van der Waals surface area contributed by atoms with E-state index in [1.54, 1.807) is 6.07 Å². The number of halogens is 3. The highest BCUT2D eigenvalue weighted by Gasteiger charge is 2.28. The van der Waals surface area contributed by atoms with Gasteiger partial charge >= 0.3 is 0 Å². The number of fused-ring (bicyclic) bond motifs is 1. The van der Waals surface area contributed by atoms with Gasteiger partial charge in [-0.15, -0.1) is 0 Å². The summed E-state index contributed by atoms with van der Waals surface area (Å²) in [6.45, 7) is -0.697. The highest BCUT2D eigenvalue weighted by atomic mass is 79.9. The van der Waals surface area contributed by atoms with Crippen molar-refractivity contribution in [3.05, 3.63) is 22.2 Å². The van der Waals surface area contributed by atoms with Crippen LogP contribution < -0.4 is 15.8 Å². The summed E-state index contributed by atoms with van der Waals surface area (Å²) in [5, 5.41) is 2.55. The van der Waals surface area contributed by atoms with E-state index in [1.807, 2.05) is 0 Å². The van der Waals surface area contributed by atoms with Crippen LogP contribution in [-0.2, 0) is 4.79 Å². The van der Waals surface area contributed by atoms with Crippen LogP contribution in [0, 0.1) is 0 Å². The lowest BCUT2D eigenvalue weighted by Crippen LogP contribution is -2.19. The first kappa shape index (κ1) is 12.3. The van der Waals surface area contributed by atoms with E-state index in [-0.39, 0.29) is 11.7 Å². The molecule has 1 amide bonds. The largest absolute Gasteiger partial charge is 0.486 e. The maximum absolute atomic E-state index is 12.0. The Labute approximate surface area is 104 Å². The molecule has 0 aromatic heterocycles. The number of ether oxygens (including phenoxy) is 1. The number of alkyl halides is 2. The molecule has 7 heteroatoms. The van der Waals surface area contributed by atoms with Crippen LogP contribution in [0.3, 0.4) is 0 Å². The lowest BCUT2D eigenvalue weighted by atomic mass is 10.1. The zero-order valence-electron chi connectivity index (χ0n) is 8.54. The van der Waals surface area contributed by atoms with Gasteiger partial charge in [0.05, 0.1) is 4.47 Å². The molecule has 17 heavy (non-hydrogen) atoms. The minimum absolute atomic E-state index is 0.249. The number of carbonyl (C=O) groups excluding carboxylic acids is 1. The van der Waals surface area contributed by atoms with Crippen LogP contribution in [0.1, 0.15) is 11.6 Å². The first-order valence-electron chi connectivity index (χ1n) is 4.80. The Kier molecular flexibility index (Phi) is 3.30. The summed E-state index contributed by atoms with van der Waals surface area (Å²) in [5.74, 6) is -0.0728. The molecule has 1 aromatic carbocycles. The van der Waals surface area contributed by atoms with Crippen molar-refractivity contribution >= 4 is 27.5 Å². The number of benzene rings is 1. The van der Waals surface area contributed by atoms with Gasteiger partial charge in [0.2, 0.25) is 5.91 Å². The number of nitrogens with one attached hydrogen (secondary N) is 1. The van der Waals surface area contributed by atoms with Crippen molar-refractivity contribution in [1.82, 2.24) is 0 Å². The van der Waals surface area contributed by atoms with E-state index in [0.29, 0.717) is 15.7 Å². The molecule has 2 rings (SSSR count). The second kappa shape index (κ2) is 4.58. The second-order valence-corrected chi connectivity index (χ2v) is 4.39. The number of anilines is 1. The fraction of sp³-hybridized carbons (Fsp3) is 0.300. The number of carbonyl (C=O) groups is 1. The predicted molar refractivity (Wildman–Crippen MR) is 61.2 cm³/mol. The number of amides is 1. The van der Waals surface area contributed by atoms with Crippen LogP contribution in [0.15, 0.2) is 16.6 Å². The fourth-order valence-electron chi connectivity index (χ4n) is 1.55. The van der Waals surface area contributed by atoms with E-state index < -0.39 is 19.1 Å². The van der Waals surface area contributed by atoms with Crippen molar-refractivity contribution in [2.45, 2.75) is 12.5 Å². The molecule has 1 atom stereocenters. The average Bonchev–Trinajstić information content (AvgIpc) is 2.52. The van der Waals surface area contributed by atoms with Gasteiger partial charge in [0.25, 0.3) is 6.43 Å². The Hall–Kier alpha value is -1.21. The zero-order valence-corrected chi connectivity index (χ0v) is 10.1. The quantitative estimate of drug-likeness (QED) is 0.898. The molecule has 1 unspecified atom stereocenters. The standard InChI is InChI=1S/C10H9BrF2N2O2/c11-5-1-4-6(15-10(16)9(4)14)2-7(5)17-3-8(12)13/h1-2,8-9H,3,14H2,(H,15,16). The lowest BCUT2D eigenvalue weighted by molar-refractivity contribution is -0.116. The number of rotatable bonds is 3. The van der Waals surface area contributed by atoms with Crippen molar-refractivity contribution in [2.75, 3.05) is 11.9 Å². The van der Waals surface area contributed by atoms with Crippen LogP contribution >= 0.6 is 15.9 Å². The Morgan fingerprint density at radius 1 is 1.53 bits per heavy atom. The third kappa shape index (κ3) is 2.39. The molecule has 92 valence electrons. The van der Waals surface area contributed by atoms with Crippen LogP contribution in [0.2, 0.25) is 0 Å². The van der Waals surface area contributed by atoms with Gasteiger partial charge < -0.3 is 15.8 Å². The third-order valence-corrected chi connectivity index (χ3v) is 2.96. The Morgan fingerprint density at radius 2 is 2.24 bits per heavy atom. The van der Waals surface area contributed by atoms with Gasteiger partial charge in [-0.2, -0.15) is 0 Å². The smallest absolute Gasteiger partial charge is 0.272 e. The van der Waals surface area contributed by atoms with Crippen LogP contribution in [0.5, 0.6) is 5.75 Å². The average molecular weight is 307 g/mol. The monoisotopic (exact) mass is 306 g/mol. The molecule has 0 aliphatic carbocycles. The highest BCUT2D eigenvalue weighted by Crippen LogP contribution is 2.37. The van der Waals surface area contributed by atoms with Crippen molar-refractivity contribution < 1.29 is 18.3 Å². The Bertz CT molecular complexity index is 468. The van der Waals surface area contributed by atoms with Crippen molar-refractivity contribution in [3.8, 4) is 5.75 Å². The molecule has 1 aliphatic heterocycles. The number of hydrogen-bond donors (Lipinski definition) is 2. The van der Waals surface area contributed by atoms with Crippen molar-refractivity contribution in [3.63, 3.8) is 0 Å². The van der Waals surface area contributed by atoms with Crippen LogP contribution in [-0.4, -0.2) is 18.9 Å². The van der Waals surface area contributed by atoms with Crippen molar-refractivity contribution in [1.29, 1.82) is 0 Å². The van der Waals surface area contributed by atoms with Gasteiger partial charge in [-0.25, -0.2) is 8.78 Å². The molecule has 0 bridgehead atoms. The minimum atomic E-state index is -2.55. The molecule has 0 saturated carbocycles. The van der Waals surface area contributed by atoms with E-state index in [0.717, 1.165) is 0 Å². The van der Waals surface area contributed by atoms with Gasteiger partial charge in [0, 0.05) is 17.3 Å². The molecular weight excluding hydrogens is 298 g/mol. The Morgan fingerprint density at radius 3 is 2.88 bits per heavy atom. The normalized spacial score (nSPS) is 18.2. The summed E-state index contributed by atoms with van der Waals surface area (Å²) >= 11 is 3.18. The van der Waals surface area contributed by atoms with E-state index in [1.165, 1.54) is 6.07 Å². The molecule has 1 aliphatic rings. The van der Waals surface area contributed by atoms with Gasteiger partial charge in [-0.05, 0) is 22.0 Å². The van der Waals surface area contributed by atoms with Gasteiger partial charge in [-0.1, -0.05) is 0 Å². The number of hydrogen-bond acceptors (Lipinski definition) is 3. The minimum Gasteiger partial charge on any atom is -0.486 e. The molecule has 0 radical (unpaired) electrons. The molecule has 1 aromatic rings. The molecule has 0 saturated heterocycles. The summed E-state index contributed by atoms with van der Waals surface area (Å²) in [6.07, 6.45) is -2.55. The number of nitrogens with two attached hydrogens (primary N) is 1. The first-order chi connectivity index (χ1) is 7.99. The topological polar surface area (TPSA) is 64.4 Å². The zero-order chi connectivity index (χ0) is 12.6. The SMILES string of the molecule is NC1C(=O)Nc2cc(OCC(F)F)c(Br)cc21. The lowest BCUT2D eigenvalue weighted by Gasteiger charge is -2.10. The van der Waals surface area contributed by atoms with Gasteiger partial charge in [-0.3, -0.25) is 4.79 Å². The third-order valence-electron chi connectivity index (χ3n) is 2.34. The summed E-state index contributed by atoms with van der Waals surface area (Å²) in [5.41, 5.74) is 6.75. The first-order valence-corrected chi connectivity index (χ1v) is 5.59. The van der Waals surface area contributed by atoms with E-state index in [2.05, 4.69) is 21.2 Å². The summed E-state index contributed by atoms with van der Waals surface area (Å²) in [6, 6.07) is 2.34. The van der Waals surface area contributed by atoms with Gasteiger partial charge in [0.15, 0.2) is 0 Å². The van der Waals surface area contributed by atoms with E-state index in [9.17, 15) is 13.6 Å². The molecule has 1 heterocycles. The summed E-state index contributed by atoms with van der Waals surface area (Å²) in [4.78, 5) is 11.3. The maximum atomic E-state index is 12.0. The van der Waals surface area contributed by atoms with Crippen LogP contribution in [0.25, 0.3) is 0 Å². The molecule has 0 fully saturated rings. The van der Waals surface area contributed by atoms with E-state index >= 15 is 0 Å². The molecular formula is C10H9BrF2N2O2. The molecule has 4 nitrogen and oxygen atoms in total.